The average molecular weight is 597 g/mol. The van der Waals surface area contributed by atoms with E-state index in [1.807, 2.05) is 27.7 Å². The van der Waals surface area contributed by atoms with Crippen molar-refractivity contribution in [1.29, 1.82) is 5.26 Å². The maximum atomic E-state index is 15.7. The molecule has 0 bridgehead atoms. The molecule has 0 unspecified atom stereocenters. The van der Waals surface area contributed by atoms with Gasteiger partial charge in [0.15, 0.2) is 0 Å². The van der Waals surface area contributed by atoms with Gasteiger partial charge < -0.3 is 15.6 Å². The summed E-state index contributed by atoms with van der Waals surface area (Å²) < 4.78 is 36.7. The van der Waals surface area contributed by atoms with E-state index in [1.54, 1.807) is 0 Å². The van der Waals surface area contributed by atoms with Crippen LogP contribution < -0.4 is 11.1 Å². The van der Waals surface area contributed by atoms with E-state index in [0.29, 0.717) is 6.42 Å². The van der Waals surface area contributed by atoms with Crippen LogP contribution in [0, 0.1) is 34.3 Å². The Bertz CT molecular complexity index is 1320. The predicted octanol–water partition coefficient (Wildman–Crippen LogP) is 5.01. The molecular formula is C29H33Cl2F2N3O4. The van der Waals surface area contributed by atoms with Gasteiger partial charge in [0, 0.05) is 22.5 Å². The van der Waals surface area contributed by atoms with Crippen molar-refractivity contribution in [1.82, 2.24) is 5.32 Å². The summed E-state index contributed by atoms with van der Waals surface area (Å²) in [6.07, 6.45) is -1.51. The second-order valence-corrected chi connectivity index (χ2v) is 12.1. The third-order valence-corrected chi connectivity index (χ3v) is 8.56. The van der Waals surface area contributed by atoms with Crippen LogP contribution >= 0.6 is 23.2 Å². The monoisotopic (exact) mass is 595 g/mol. The molecule has 0 aliphatic carbocycles. The van der Waals surface area contributed by atoms with E-state index in [0.717, 1.165) is 6.07 Å². The van der Waals surface area contributed by atoms with Gasteiger partial charge in [0.25, 0.3) is 0 Å². The number of carbonyl (C=O) groups is 2. The van der Waals surface area contributed by atoms with Gasteiger partial charge in [-0.2, -0.15) is 5.26 Å². The van der Waals surface area contributed by atoms with Gasteiger partial charge in [-0.25, -0.2) is 8.78 Å². The molecule has 3 rings (SSSR count). The highest BCUT2D eigenvalue weighted by atomic mass is 35.5. The number of amides is 1. The van der Waals surface area contributed by atoms with Crippen molar-refractivity contribution in [2.45, 2.75) is 70.1 Å². The zero-order chi connectivity index (χ0) is 30.0. The van der Waals surface area contributed by atoms with Crippen molar-refractivity contribution in [3.05, 3.63) is 69.2 Å². The number of hydrogen-bond acceptors (Lipinski definition) is 6. The molecule has 1 saturated heterocycles. The summed E-state index contributed by atoms with van der Waals surface area (Å²) in [6.45, 7) is 7.42. The van der Waals surface area contributed by atoms with Gasteiger partial charge in [0.2, 0.25) is 5.91 Å². The summed E-state index contributed by atoms with van der Waals surface area (Å²) in [5.74, 6) is -4.55. The second kappa shape index (κ2) is 12.4. The van der Waals surface area contributed by atoms with Gasteiger partial charge in [-0.15, -0.1) is 0 Å². The Morgan fingerprint density at radius 2 is 1.93 bits per heavy atom. The first-order valence-electron chi connectivity index (χ1n) is 12.9. The minimum Gasteiger partial charge on any atom is -0.462 e. The molecule has 0 radical (unpaired) electrons. The summed E-state index contributed by atoms with van der Waals surface area (Å²) in [4.78, 5) is 24.7. The molecule has 2 aromatic rings. The number of esters is 1. The zero-order valence-corrected chi connectivity index (χ0v) is 24.2. The number of nitrogens with zero attached hydrogens (tertiary/aromatic N) is 1. The van der Waals surface area contributed by atoms with Gasteiger partial charge in [-0.1, -0.05) is 69.1 Å². The Balaban J connectivity index is 2.26. The molecular weight excluding hydrogens is 563 g/mol. The number of carbonyl (C=O) groups excluding carboxylic acids is 2. The van der Waals surface area contributed by atoms with E-state index in [2.05, 4.69) is 11.4 Å². The van der Waals surface area contributed by atoms with Gasteiger partial charge in [-0.3, -0.25) is 14.9 Å². The van der Waals surface area contributed by atoms with Crippen LogP contribution in [-0.4, -0.2) is 41.8 Å². The number of nitrogens with one attached hydrogen (secondary N) is 1. The summed E-state index contributed by atoms with van der Waals surface area (Å²) in [5.41, 5.74) is 2.74. The number of aliphatic hydroxyl groups excluding tert-OH is 1. The predicted molar refractivity (Wildman–Crippen MR) is 148 cm³/mol. The van der Waals surface area contributed by atoms with Crippen LogP contribution in [0.2, 0.25) is 10.0 Å². The fourth-order valence-electron chi connectivity index (χ4n) is 5.24. The van der Waals surface area contributed by atoms with Crippen molar-refractivity contribution >= 4 is 35.1 Å². The lowest BCUT2D eigenvalue weighted by atomic mass is 9.61. The molecule has 1 amide bonds. The summed E-state index contributed by atoms with van der Waals surface area (Å²) in [6, 6.07) is 8.12. The summed E-state index contributed by atoms with van der Waals surface area (Å²) in [5, 5.41) is 24.0. The van der Waals surface area contributed by atoms with Crippen molar-refractivity contribution in [3.63, 3.8) is 0 Å². The van der Waals surface area contributed by atoms with Crippen LogP contribution in [0.5, 0.6) is 0 Å². The molecule has 4 N–H and O–H groups in total. The molecule has 0 saturated carbocycles. The Labute approximate surface area is 242 Å². The minimum atomic E-state index is -1.82. The number of nitrogens with two attached hydrogens (primary N) is 1. The van der Waals surface area contributed by atoms with E-state index in [9.17, 15) is 20.0 Å². The lowest BCUT2D eigenvalue weighted by Crippen LogP contribution is -2.46. The standard InChI is InChI=1S/C29H33Cl2F2N3O4/c1-15(2)28(3,4)12-22-29(14-34,19-9-8-16(30)10-21(19)32)24(18-6-5-7-20(31)25(18)33)26(36-22)27(39)40-13-17(37)11-23(35)38/h5-10,15,17,22,24,26,36-37H,11-13H2,1-4H3,(H2,35,38)/t17-,22+,24+,26-,29+/m1/s1. The summed E-state index contributed by atoms with van der Waals surface area (Å²) >= 11 is 12.2. The second-order valence-electron chi connectivity index (χ2n) is 11.2. The lowest BCUT2D eigenvalue weighted by molar-refractivity contribution is -0.150. The maximum absolute atomic E-state index is 15.7. The third-order valence-electron chi connectivity index (χ3n) is 8.03. The smallest absolute Gasteiger partial charge is 0.323 e. The van der Waals surface area contributed by atoms with Crippen molar-refractivity contribution in [2.24, 2.45) is 17.1 Å². The van der Waals surface area contributed by atoms with E-state index < -0.39 is 71.5 Å². The fraction of sp³-hybridized carbons (Fsp3) is 0.483. The normalized spacial score (nSPS) is 23.6. The Morgan fingerprint density at radius 3 is 2.50 bits per heavy atom. The largest absolute Gasteiger partial charge is 0.462 e. The Morgan fingerprint density at radius 1 is 1.25 bits per heavy atom. The maximum Gasteiger partial charge on any atom is 0.323 e. The highest BCUT2D eigenvalue weighted by Gasteiger charge is 2.62. The van der Waals surface area contributed by atoms with Crippen LogP contribution in [0.4, 0.5) is 8.78 Å². The van der Waals surface area contributed by atoms with E-state index in [1.165, 1.54) is 30.3 Å². The molecule has 1 heterocycles. The molecule has 5 atom stereocenters. The van der Waals surface area contributed by atoms with E-state index in [-0.39, 0.29) is 27.1 Å². The lowest BCUT2D eigenvalue weighted by Gasteiger charge is -2.39. The molecule has 0 aromatic heterocycles. The molecule has 40 heavy (non-hydrogen) atoms. The number of rotatable bonds is 10. The highest BCUT2D eigenvalue weighted by Crippen LogP contribution is 2.53. The highest BCUT2D eigenvalue weighted by molar-refractivity contribution is 6.31. The van der Waals surface area contributed by atoms with Crippen molar-refractivity contribution < 1.29 is 28.2 Å². The molecule has 216 valence electrons. The Hall–Kier alpha value is -2.77. The van der Waals surface area contributed by atoms with Gasteiger partial charge >= 0.3 is 5.97 Å². The quantitative estimate of drug-likeness (QED) is 0.331. The summed E-state index contributed by atoms with van der Waals surface area (Å²) in [7, 11) is 0. The molecule has 11 heteroatoms. The molecule has 0 spiro atoms. The number of primary amides is 1. The fourth-order valence-corrected chi connectivity index (χ4v) is 5.58. The molecule has 7 nitrogen and oxygen atoms in total. The molecule has 2 aromatic carbocycles. The molecule has 1 aliphatic rings. The third kappa shape index (κ3) is 6.26. The first kappa shape index (κ1) is 31.8. The van der Waals surface area contributed by atoms with Gasteiger partial charge in [0.1, 0.15) is 29.7 Å². The van der Waals surface area contributed by atoms with Crippen LogP contribution in [0.15, 0.2) is 36.4 Å². The molecule has 1 fully saturated rings. The van der Waals surface area contributed by atoms with E-state index >= 15 is 8.78 Å². The van der Waals surface area contributed by atoms with Crippen LogP contribution in [0.1, 0.15) is 57.6 Å². The first-order valence-corrected chi connectivity index (χ1v) is 13.6. The van der Waals surface area contributed by atoms with Gasteiger partial charge in [0.05, 0.1) is 23.6 Å². The Kier molecular flexibility index (Phi) is 9.84. The number of nitriles is 1. The average Bonchev–Trinajstić information content (AvgIpc) is 3.17. The first-order chi connectivity index (χ1) is 18.6. The number of halogens is 4. The zero-order valence-electron chi connectivity index (χ0n) is 22.7. The number of hydrogen-bond donors (Lipinski definition) is 3. The number of benzene rings is 2. The topological polar surface area (TPSA) is 125 Å². The van der Waals surface area contributed by atoms with Crippen LogP contribution in [0.25, 0.3) is 0 Å². The van der Waals surface area contributed by atoms with Crippen LogP contribution in [-0.2, 0) is 19.7 Å². The SMILES string of the molecule is CC(C)C(C)(C)C[C@@H]1N[C@@H](C(=O)OC[C@H](O)CC(N)=O)[C@H](c2cccc(Cl)c2F)[C@@]1(C#N)c1ccc(Cl)cc1F. The minimum absolute atomic E-state index is 0.0649. The van der Waals surface area contributed by atoms with E-state index in [4.69, 9.17) is 33.7 Å². The van der Waals surface area contributed by atoms with Gasteiger partial charge in [-0.05, 0) is 41.5 Å². The van der Waals surface area contributed by atoms with Crippen molar-refractivity contribution in [2.75, 3.05) is 6.61 Å². The van der Waals surface area contributed by atoms with Crippen molar-refractivity contribution in [3.8, 4) is 6.07 Å². The molecule has 1 aliphatic heterocycles. The number of ether oxygens (including phenoxy) is 1. The number of aliphatic hydroxyl groups is 1. The van der Waals surface area contributed by atoms with Crippen LogP contribution in [0.3, 0.4) is 0 Å².